The van der Waals surface area contributed by atoms with Gasteiger partial charge in [0.1, 0.15) is 0 Å². The first kappa shape index (κ1) is 10.3. The fourth-order valence-electron chi connectivity index (χ4n) is 0. The van der Waals surface area contributed by atoms with Gasteiger partial charge < -0.3 is 0 Å². The predicted octanol–water partition coefficient (Wildman–Crippen LogP) is 2.38. The van der Waals surface area contributed by atoms with E-state index in [0.717, 1.165) is 0 Å². The molecule has 0 aromatic heterocycles. The molecular formula is C2H4Cl2NOP. The summed E-state index contributed by atoms with van der Waals surface area (Å²) in [4.78, 5) is 0. The standard InChI is InChI=1S/C2H3N.Cl2HOP/c1-2-3;1-4(2)3/h1H3;4H. The van der Waals surface area contributed by atoms with Crippen LogP contribution in [0.5, 0.6) is 0 Å². The van der Waals surface area contributed by atoms with Crippen molar-refractivity contribution >= 4 is 29.0 Å². The quantitative estimate of drug-likeness (QED) is 0.510. The number of nitrogens with zero attached hydrogens (tertiary/aromatic N) is 1. The van der Waals surface area contributed by atoms with Gasteiger partial charge in [0, 0.05) is 6.92 Å². The molecule has 0 rings (SSSR count). The molecule has 0 saturated heterocycles. The molecule has 0 bridgehead atoms. The molecule has 0 aliphatic rings. The van der Waals surface area contributed by atoms with Gasteiger partial charge in [-0.05, 0) is 22.5 Å². The molecule has 0 aliphatic carbocycles. The molecule has 0 heterocycles. The normalized spacial score (nSPS) is 6.14. The molecule has 5 heteroatoms. The van der Waals surface area contributed by atoms with E-state index in [9.17, 15) is 0 Å². The minimum absolute atomic E-state index is 1.43. The number of halogens is 2. The lowest BCUT2D eigenvalue weighted by molar-refractivity contribution is 0.602. The van der Waals surface area contributed by atoms with E-state index in [0.29, 0.717) is 0 Å². The zero-order chi connectivity index (χ0) is 6.28. The van der Waals surface area contributed by atoms with Crippen LogP contribution in [0.3, 0.4) is 0 Å². The zero-order valence-electron chi connectivity index (χ0n) is 3.61. The van der Waals surface area contributed by atoms with Gasteiger partial charge >= 0.3 is 0 Å². The van der Waals surface area contributed by atoms with Crippen molar-refractivity contribution in [3.8, 4) is 6.07 Å². The summed E-state index contributed by atoms with van der Waals surface area (Å²) in [5.74, 6) is 0. The summed E-state index contributed by atoms with van der Waals surface area (Å²) in [6, 6.07) is 1.75. The maximum Gasteiger partial charge on any atom is 0.241 e. The second kappa shape index (κ2) is 9.57. The summed E-state index contributed by atoms with van der Waals surface area (Å²) in [6.45, 7) is -0.755. The van der Waals surface area contributed by atoms with Crippen molar-refractivity contribution in [3.05, 3.63) is 0 Å². The van der Waals surface area contributed by atoms with E-state index >= 15 is 0 Å². The van der Waals surface area contributed by atoms with Crippen LogP contribution < -0.4 is 0 Å². The van der Waals surface area contributed by atoms with Crippen molar-refractivity contribution in [2.24, 2.45) is 0 Å². The van der Waals surface area contributed by atoms with Gasteiger partial charge in [-0.25, -0.2) is 0 Å². The first-order chi connectivity index (χ1) is 3.15. The van der Waals surface area contributed by atoms with E-state index in [-0.39, 0.29) is 0 Å². The molecule has 0 amide bonds. The number of nitriles is 1. The summed E-state index contributed by atoms with van der Waals surface area (Å²) in [7, 11) is 0. The minimum atomic E-state index is -2.19. The summed E-state index contributed by atoms with van der Waals surface area (Å²) in [5.41, 5.74) is 0. The highest BCUT2D eigenvalue weighted by Crippen LogP contribution is 2.31. The van der Waals surface area contributed by atoms with E-state index in [1.165, 1.54) is 6.92 Å². The molecule has 7 heavy (non-hydrogen) atoms. The van der Waals surface area contributed by atoms with E-state index in [2.05, 4.69) is 22.5 Å². The predicted molar refractivity (Wildman–Crippen MR) is 32.0 cm³/mol. The third-order valence-corrected chi connectivity index (χ3v) is 0. The van der Waals surface area contributed by atoms with Crippen molar-refractivity contribution in [1.82, 2.24) is 0 Å². The van der Waals surface area contributed by atoms with Crippen molar-refractivity contribution in [3.63, 3.8) is 0 Å². The Balaban J connectivity index is 0. The molecule has 0 spiro atoms. The Labute approximate surface area is 52.4 Å². The van der Waals surface area contributed by atoms with Gasteiger partial charge in [-0.1, -0.05) is 0 Å². The molecule has 0 radical (unpaired) electrons. The lowest BCUT2D eigenvalue weighted by atomic mass is 11.0. The monoisotopic (exact) mass is 159 g/mol. The highest BCUT2D eigenvalue weighted by Gasteiger charge is 1.67. The Kier molecular flexibility index (Phi) is 14.1. The summed E-state index contributed by atoms with van der Waals surface area (Å²) in [6.07, 6.45) is 0. The number of rotatable bonds is 0. The average molecular weight is 160 g/mol. The van der Waals surface area contributed by atoms with Crippen LogP contribution in [0.15, 0.2) is 0 Å². The summed E-state index contributed by atoms with van der Waals surface area (Å²) in [5, 5.41) is 7.32. The Morgan fingerprint density at radius 3 is 1.71 bits per heavy atom. The van der Waals surface area contributed by atoms with E-state index < -0.39 is 6.51 Å². The lowest BCUT2D eigenvalue weighted by Crippen LogP contribution is -1.10. The molecule has 0 aromatic carbocycles. The topological polar surface area (TPSA) is 40.9 Å². The fraction of sp³-hybridized carbons (Fsp3) is 0.500. The summed E-state index contributed by atoms with van der Waals surface area (Å²) >= 11 is 9.17. The molecule has 0 N–H and O–H groups in total. The van der Waals surface area contributed by atoms with Crippen LogP contribution in [-0.2, 0) is 4.57 Å². The molecule has 0 saturated carbocycles. The highest BCUT2D eigenvalue weighted by atomic mass is 35.9. The molecular weight excluding hydrogens is 156 g/mol. The lowest BCUT2D eigenvalue weighted by Gasteiger charge is -1.52. The SMILES string of the molecule is CC#N.O=[PH](Cl)Cl. The fourth-order valence-corrected chi connectivity index (χ4v) is 0. The third-order valence-electron chi connectivity index (χ3n) is 0. The molecule has 42 valence electrons. The van der Waals surface area contributed by atoms with E-state index in [4.69, 9.17) is 9.83 Å². The van der Waals surface area contributed by atoms with Gasteiger partial charge in [0.05, 0.1) is 6.07 Å². The van der Waals surface area contributed by atoms with Crippen LogP contribution in [0, 0.1) is 11.3 Å². The largest absolute Gasteiger partial charge is 0.293 e. The van der Waals surface area contributed by atoms with E-state index in [1.54, 1.807) is 6.07 Å². The van der Waals surface area contributed by atoms with Gasteiger partial charge in [0.25, 0.3) is 0 Å². The second-order valence-corrected chi connectivity index (χ2v) is 3.54. The van der Waals surface area contributed by atoms with Gasteiger partial charge in [0.15, 0.2) is 0 Å². The molecule has 0 atom stereocenters. The van der Waals surface area contributed by atoms with Crippen LogP contribution in [0.1, 0.15) is 6.92 Å². The van der Waals surface area contributed by atoms with Crippen LogP contribution in [0.25, 0.3) is 0 Å². The number of hydrogen-bond acceptors (Lipinski definition) is 2. The molecule has 0 aliphatic heterocycles. The Bertz CT molecular complexity index is 84.2. The first-order valence-corrected chi connectivity index (χ1v) is 4.74. The van der Waals surface area contributed by atoms with Crippen molar-refractivity contribution in [1.29, 1.82) is 5.26 Å². The molecule has 0 fully saturated rings. The first-order valence-electron chi connectivity index (χ1n) is 1.31. The Hall–Kier alpha value is 0.300. The summed E-state index contributed by atoms with van der Waals surface area (Å²) < 4.78 is 9.16. The Morgan fingerprint density at radius 1 is 1.71 bits per heavy atom. The van der Waals surface area contributed by atoms with Crippen LogP contribution in [-0.4, -0.2) is 0 Å². The van der Waals surface area contributed by atoms with Gasteiger partial charge in [-0.15, -0.1) is 0 Å². The van der Waals surface area contributed by atoms with Crippen LogP contribution in [0.2, 0.25) is 0 Å². The maximum atomic E-state index is 9.16. The Morgan fingerprint density at radius 2 is 1.71 bits per heavy atom. The van der Waals surface area contributed by atoms with Crippen molar-refractivity contribution < 1.29 is 4.57 Å². The van der Waals surface area contributed by atoms with Crippen molar-refractivity contribution in [2.75, 3.05) is 0 Å². The van der Waals surface area contributed by atoms with Gasteiger partial charge in [0.2, 0.25) is 6.51 Å². The zero-order valence-corrected chi connectivity index (χ0v) is 6.12. The van der Waals surface area contributed by atoms with Crippen LogP contribution >= 0.6 is 29.0 Å². The highest BCUT2D eigenvalue weighted by molar-refractivity contribution is 7.95. The molecule has 0 aromatic rings. The average Bonchev–Trinajstić information content (AvgIpc) is 1.33. The van der Waals surface area contributed by atoms with Gasteiger partial charge in [-0.2, -0.15) is 5.26 Å². The minimum Gasteiger partial charge on any atom is -0.293 e. The molecule has 2 nitrogen and oxygen atoms in total. The smallest absolute Gasteiger partial charge is 0.241 e. The number of hydrogen-bond donors (Lipinski definition) is 0. The van der Waals surface area contributed by atoms with Crippen LogP contribution in [0.4, 0.5) is 0 Å². The van der Waals surface area contributed by atoms with Crippen molar-refractivity contribution in [2.45, 2.75) is 6.92 Å². The van der Waals surface area contributed by atoms with Gasteiger partial charge in [-0.3, -0.25) is 4.57 Å². The molecule has 0 unspecified atom stereocenters. The second-order valence-electron chi connectivity index (χ2n) is 0.449. The maximum absolute atomic E-state index is 9.16. The third kappa shape index (κ3) is 1290. The van der Waals surface area contributed by atoms with E-state index in [1.807, 2.05) is 0 Å².